The summed E-state index contributed by atoms with van der Waals surface area (Å²) in [5, 5.41) is 12.2. The zero-order chi connectivity index (χ0) is 13.8. The minimum absolute atomic E-state index is 0.187. The van der Waals surface area contributed by atoms with Crippen LogP contribution in [0.5, 0.6) is 0 Å². The molecule has 0 atom stereocenters. The Morgan fingerprint density at radius 2 is 2.05 bits per heavy atom. The van der Waals surface area contributed by atoms with E-state index in [4.69, 9.17) is 0 Å². The Morgan fingerprint density at radius 3 is 2.68 bits per heavy atom. The van der Waals surface area contributed by atoms with Gasteiger partial charge in [0.1, 0.15) is 5.82 Å². The first kappa shape index (κ1) is 14.5. The van der Waals surface area contributed by atoms with Crippen LogP contribution in [0.25, 0.3) is 0 Å². The SMILES string of the molecule is O=C(NCC1CCC(O)CC1)c1ccc(Br)c(F)c1. The highest BCUT2D eigenvalue weighted by Gasteiger charge is 2.20. The van der Waals surface area contributed by atoms with E-state index in [0.717, 1.165) is 25.7 Å². The van der Waals surface area contributed by atoms with E-state index < -0.39 is 5.82 Å². The smallest absolute Gasteiger partial charge is 0.251 e. The van der Waals surface area contributed by atoms with Crippen LogP contribution in [0.4, 0.5) is 4.39 Å². The van der Waals surface area contributed by atoms with Gasteiger partial charge in [-0.2, -0.15) is 0 Å². The quantitative estimate of drug-likeness (QED) is 0.895. The van der Waals surface area contributed by atoms with Crippen molar-refractivity contribution in [2.45, 2.75) is 31.8 Å². The summed E-state index contributed by atoms with van der Waals surface area (Å²) in [5.74, 6) is -0.279. The Kier molecular flexibility index (Phi) is 4.93. The molecular weight excluding hydrogens is 313 g/mol. The fraction of sp³-hybridized carbons (Fsp3) is 0.500. The van der Waals surface area contributed by atoms with Crippen molar-refractivity contribution in [3.05, 3.63) is 34.1 Å². The molecule has 5 heteroatoms. The molecule has 2 rings (SSSR count). The summed E-state index contributed by atoms with van der Waals surface area (Å²) < 4.78 is 13.7. The maximum absolute atomic E-state index is 13.3. The Hall–Kier alpha value is -0.940. The lowest BCUT2D eigenvalue weighted by Crippen LogP contribution is -2.32. The van der Waals surface area contributed by atoms with Crippen LogP contribution in [0.15, 0.2) is 22.7 Å². The van der Waals surface area contributed by atoms with Crippen LogP contribution in [-0.4, -0.2) is 23.7 Å². The standard InChI is InChI=1S/C14H17BrFNO2/c15-12-6-3-10(7-13(12)16)14(19)17-8-9-1-4-11(18)5-2-9/h3,6-7,9,11,18H,1-2,4-5,8H2,(H,17,19). The van der Waals surface area contributed by atoms with Crippen LogP contribution in [0.2, 0.25) is 0 Å². The molecule has 0 saturated heterocycles. The van der Waals surface area contributed by atoms with Gasteiger partial charge in [-0.15, -0.1) is 0 Å². The monoisotopic (exact) mass is 329 g/mol. The first-order valence-electron chi connectivity index (χ1n) is 6.47. The minimum Gasteiger partial charge on any atom is -0.393 e. The molecule has 0 aromatic heterocycles. The van der Waals surface area contributed by atoms with Gasteiger partial charge in [-0.25, -0.2) is 4.39 Å². The third kappa shape index (κ3) is 4.01. The number of rotatable bonds is 3. The lowest BCUT2D eigenvalue weighted by Gasteiger charge is -2.25. The van der Waals surface area contributed by atoms with E-state index >= 15 is 0 Å². The molecule has 1 aliphatic rings. The van der Waals surface area contributed by atoms with Crippen LogP contribution in [0, 0.1) is 11.7 Å². The molecule has 0 spiro atoms. The van der Waals surface area contributed by atoms with Gasteiger partial charge in [0.15, 0.2) is 0 Å². The van der Waals surface area contributed by atoms with E-state index in [9.17, 15) is 14.3 Å². The average Bonchev–Trinajstić information content (AvgIpc) is 2.41. The highest BCUT2D eigenvalue weighted by molar-refractivity contribution is 9.10. The molecule has 1 aromatic carbocycles. The molecule has 2 N–H and O–H groups in total. The number of halogens is 2. The number of carbonyl (C=O) groups is 1. The summed E-state index contributed by atoms with van der Waals surface area (Å²) in [4.78, 5) is 11.9. The molecule has 1 aliphatic carbocycles. The van der Waals surface area contributed by atoms with Gasteiger partial charge in [0, 0.05) is 12.1 Å². The van der Waals surface area contributed by atoms with Crippen LogP contribution in [0.3, 0.4) is 0 Å². The summed E-state index contributed by atoms with van der Waals surface area (Å²) in [6.45, 7) is 0.587. The van der Waals surface area contributed by atoms with Crippen molar-refractivity contribution >= 4 is 21.8 Å². The highest BCUT2D eigenvalue weighted by Crippen LogP contribution is 2.23. The van der Waals surface area contributed by atoms with Gasteiger partial charge in [0.25, 0.3) is 5.91 Å². The summed E-state index contributed by atoms with van der Waals surface area (Å²) in [6, 6.07) is 4.35. The number of hydrogen-bond acceptors (Lipinski definition) is 2. The van der Waals surface area contributed by atoms with Crippen molar-refractivity contribution < 1.29 is 14.3 Å². The molecular formula is C14H17BrFNO2. The molecule has 0 unspecified atom stereocenters. The Balaban J connectivity index is 1.85. The Bertz CT molecular complexity index is 459. The van der Waals surface area contributed by atoms with E-state index in [1.54, 1.807) is 6.07 Å². The van der Waals surface area contributed by atoms with Crippen molar-refractivity contribution in [2.75, 3.05) is 6.54 Å². The summed E-state index contributed by atoms with van der Waals surface area (Å²) in [7, 11) is 0. The second-order valence-electron chi connectivity index (χ2n) is 5.01. The van der Waals surface area contributed by atoms with E-state index in [1.807, 2.05) is 0 Å². The summed E-state index contributed by atoms with van der Waals surface area (Å²) in [6.07, 6.45) is 3.26. The molecule has 0 heterocycles. The predicted octanol–water partition coefficient (Wildman–Crippen LogP) is 2.87. The van der Waals surface area contributed by atoms with Crippen molar-refractivity contribution in [1.82, 2.24) is 5.32 Å². The number of benzene rings is 1. The first-order valence-corrected chi connectivity index (χ1v) is 7.27. The fourth-order valence-corrected chi connectivity index (χ4v) is 2.57. The molecule has 3 nitrogen and oxygen atoms in total. The number of aliphatic hydroxyl groups is 1. The maximum atomic E-state index is 13.3. The average molecular weight is 330 g/mol. The van der Waals surface area contributed by atoms with Crippen LogP contribution in [-0.2, 0) is 0 Å². The summed E-state index contributed by atoms with van der Waals surface area (Å²) >= 11 is 3.06. The molecule has 19 heavy (non-hydrogen) atoms. The van der Waals surface area contributed by atoms with Crippen molar-refractivity contribution in [1.29, 1.82) is 0 Å². The lowest BCUT2D eigenvalue weighted by molar-refractivity contribution is 0.0910. The van der Waals surface area contributed by atoms with Crippen LogP contribution >= 0.6 is 15.9 Å². The van der Waals surface area contributed by atoms with Crippen LogP contribution < -0.4 is 5.32 Å². The summed E-state index contributed by atoms with van der Waals surface area (Å²) in [5.41, 5.74) is 0.330. The van der Waals surface area contributed by atoms with E-state index in [-0.39, 0.29) is 12.0 Å². The normalized spacial score (nSPS) is 23.1. The van der Waals surface area contributed by atoms with E-state index in [2.05, 4.69) is 21.2 Å². The molecule has 1 aromatic rings. The molecule has 104 valence electrons. The Labute approximate surface area is 120 Å². The van der Waals surface area contributed by atoms with Gasteiger partial charge < -0.3 is 10.4 Å². The predicted molar refractivity (Wildman–Crippen MR) is 74.4 cm³/mol. The van der Waals surface area contributed by atoms with E-state index in [1.165, 1.54) is 12.1 Å². The van der Waals surface area contributed by atoms with Gasteiger partial charge in [0.05, 0.1) is 10.6 Å². The molecule has 0 bridgehead atoms. The topological polar surface area (TPSA) is 49.3 Å². The second-order valence-corrected chi connectivity index (χ2v) is 5.87. The number of hydrogen-bond donors (Lipinski definition) is 2. The zero-order valence-electron chi connectivity index (χ0n) is 10.5. The second kappa shape index (κ2) is 6.48. The largest absolute Gasteiger partial charge is 0.393 e. The molecule has 0 radical (unpaired) electrons. The van der Waals surface area contributed by atoms with Crippen molar-refractivity contribution in [3.8, 4) is 0 Å². The Morgan fingerprint density at radius 1 is 1.37 bits per heavy atom. The van der Waals surface area contributed by atoms with Gasteiger partial charge in [0.2, 0.25) is 0 Å². The van der Waals surface area contributed by atoms with Gasteiger partial charge >= 0.3 is 0 Å². The number of nitrogens with one attached hydrogen (secondary N) is 1. The first-order chi connectivity index (χ1) is 9.06. The molecule has 1 saturated carbocycles. The molecule has 0 aliphatic heterocycles. The third-order valence-corrected chi connectivity index (χ3v) is 4.19. The zero-order valence-corrected chi connectivity index (χ0v) is 12.1. The third-order valence-electron chi connectivity index (χ3n) is 3.55. The minimum atomic E-state index is -0.437. The van der Waals surface area contributed by atoms with Gasteiger partial charge in [-0.1, -0.05) is 0 Å². The maximum Gasteiger partial charge on any atom is 0.251 e. The molecule has 1 fully saturated rings. The number of carbonyl (C=O) groups excluding carboxylic acids is 1. The van der Waals surface area contributed by atoms with Crippen LogP contribution in [0.1, 0.15) is 36.0 Å². The lowest BCUT2D eigenvalue weighted by atomic mass is 9.87. The van der Waals surface area contributed by atoms with Crippen molar-refractivity contribution in [3.63, 3.8) is 0 Å². The number of amides is 1. The fourth-order valence-electron chi connectivity index (χ4n) is 2.33. The van der Waals surface area contributed by atoms with Gasteiger partial charge in [-0.05, 0) is 65.7 Å². The van der Waals surface area contributed by atoms with Crippen molar-refractivity contribution in [2.24, 2.45) is 5.92 Å². The number of aliphatic hydroxyl groups excluding tert-OH is 1. The van der Waals surface area contributed by atoms with Gasteiger partial charge in [-0.3, -0.25) is 4.79 Å². The highest BCUT2D eigenvalue weighted by atomic mass is 79.9. The van der Waals surface area contributed by atoms with E-state index in [0.29, 0.717) is 22.5 Å². The molecule has 1 amide bonds.